The molecule has 0 aliphatic carbocycles. The summed E-state index contributed by atoms with van der Waals surface area (Å²) >= 11 is 0. The second-order valence-corrected chi connectivity index (χ2v) is 6.34. The molecular formula is C13H17NO6S. The highest BCUT2D eigenvalue weighted by Crippen LogP contribution is 2.26. The van der Waals surface area contributed by atoms with Gasteiger partial charge in [0.1, 0.15) is 10.6 Å². The van der Waals surface area contributed by atoms with Crippen molar-refractivity contribution < 1.29 is 27.9 Å². The first kappa shape index (κ1) is 17.0. The number of carbonyl (C=O) groups is 2. The van der Waals surface area contributed by atoms with Gasteiger partial charge in [0.2, 0.25) is 5.91 Å². The second-order valence-electron chi connectivity index (χ2n) is 4.27. The maximum absolute atomic E-state index is 12.3. The Bertz CT molecular complexity index is 638. The highest BCUT2D eigenvalue weighted by atomic mass is 32.2. The van der Waals surface area contributed by atoms with Gasteiger partial charge in [0, 0.05) is 13.5 Å². The molecule has 0 atom stereocenters. The van der Waals surface area contributed by atoms with Crippen LogP contribution in [0.3, 0.4) is 0 Å². The van der Waals surface area contributed by atoms with Gasteiger partial charge in [-0.3, -0.25) is 4.79 Å². The van der Waals surface area contributed by atoms with Crippen LogP contribution < -0.4 is 10.1 Å². The Hall–Kier alpha value is -2.09. The summed E-state index contributed by atoms with van der Waals surface area (Å²) in [6.07, 6.45) is 0.221. The van der Waals surface area contributed by atoms with Gasteiger partial charge in [-0.2, -0.15) is 0 Å². The predicted molar refractivity (Wildman–Crippen MR) is 75.3 cm³/mol. The zero-order chi connectivity index (χ0) is 16.0. The molecule has 2 N–H and O–H groups in total. The predicted octanol–water partition coefficient (Wildman–Crippen LogP) is 0.693. The number of hydrogen-bond acceptors (Lipinski definition) is 5. The van der Waals surface area contributed by atoms with Crippen LogP contribution in [0.4, 0.5) is 0 Å². The van der Waals surface area contributed by atoms with Crippen molar-refractivity contribution in [1.82, 2.24) is 5.32 Å². The van der Waals surface area contributed by atoms with Crippen molar-refractivity contribution in [3.05, 3.63) is 23.8 Å². The molecule has 21 heavy (non-hydrogen) atoms. The lowest BCUT2D eigenvalue weighted by molar-refractivity contribution is -0.120. The first-order valence-corrected chi connectivity index (χ1v) is 7.81. The minimum Gasteiger partial charge on any atom is -0.495 e. The van der Waals surface area contributed by atoms with Crippen molar-refractivity contribution in [2.75, 3.05) is 19.9 Å². The van der Waals surface area contributed by atoms with Gasteiger partial charge in [0.25, 0.3) is 0 Å². The molecule has 0 radical (unpaired) electrons. The fourth-order valence-corrected chi connectivity index (χ4v) is 3.22. The number of nitrogens with one attached hydrogen (secondary N) is 1. The van der Waals surface area contributed by atoms with E-state index in [9.17, 15) is 18.0 Å². The van der Waals surface area contributed by atoms with E-state index in [1.807, 2.05) is 0 Å². The van der Waals surface area contributed by atoms with Gasteiger partial charge in [-0.05, 0) is 24.6 Å². The van der Waals surface area contributed by atoms with Crippen LogP contribution in [0.25, 0.3) is 0 Å². The molecule has 0 aliphatic rings. The lowest BCUT2D eigenvalue weighted by Gasteiger charge is -2.10. The Morgan fingerprint density at radius 1 is 1.33 bits per heavy atom. The van der Waals surface area contributed by atoms with E-state index < -0.39 is 15.8 Å². The van der Waals surface area contributed by atoms with Crippen LogP contribution in [0.1, 0.15) is 23.2 Å². The van der Waals surface area contributed by atoms with Gasteiger partial charge in [0.05, 0.1) is 18.4 Å². The standard InChI is InChI=1S/C13H17NO6S/c1-14-12(15)4-3-7-21(18,19)11-8-9(13(16)17)5-6-10(11)20-2/h5-6,8H,3-4,7H2,1-2H3,(H,14,15)(H,16,17). The Balaban J connectivity index is 3.03. The molecule has 0 heterocycles. The van der Waals surface area contributed by atoms with Crippen molar-refractivity contribution >= 4 is 21.7 Å². The van der Waals surface area contributed by atoms with Gasteiger partial charge >= 0.3 is 5.97 Å². The molecule has 0 fully saturated rings. The largest absolute Gasteiger partial charge is 0.495 e. The molecule has 0 saturated heterocycles. The minimum atomic E-state index is -3.73. The first-order valence-electron chi connectivity index (χ1n) is 6.16. The molecule has 0 aliphatic heterocycles. The maximum Gasteiger partial charge on any atom is 0.335 e. The zero-order valence-electron chi connectivity index (χ0n) is 11.8. The molecule has 1 amide bonds. The Morgan fingerprint density at radius 3 is 2.52 bits per heavy atom. The summed E-state index contributed by atoms with van der Waals surface area (Å²) in [4.78, 5) is 21.8. The summed E-state index contributed by atoms with van der Waals surface area (Å²) in [6, 6.07) is 3.64. The molecule has 0 spiro atoms. The van der Waals surface area contributed by atoms with E-state index in [0.29, 0.717) is 0 Å². The Labute approximate surface area is 122 Å². The number of hydrogen-bond donors (Lipinski definition) is 2. The van der Waals surface area contributed by atoms with E-state index in [2.05, 4.69) is 5.32 Å². The van der Waals surface area contributed by atoms with Crippen molar-refractivity contribution in [3.8, 4) is 5.75 Å². The molecule has 116 valence electrons. The number of aromatic carboxylic acids is 1. The van der Waals surface area contributed by atoms with Crippen LogP contribution in [-0.2, 0) is 14.6 Å². The van der Waals surface area contributed by atoms with E-state index >= 15 is 0 Å². The molecule has 1 aromatic carbocycles. The normalized spacial score (nSPS) is 11.0. The monoisotopic (exact) mass is 315 g/mol. The van der Waals surface area contributed by atoms with Gasteiger partial charge in [-0.25, -0.2) is 13.2 Å². The van der Waals surface area contributed by atoms with Crippen LogP contribution >= 0.6 is 0 Å². The van der Waals surface area contributed by atoms with Gasteiger partial charge in [-0.1, -0.05) is 0 Å². The number of amides is 1. The lowest BCUT2D eigenvalue weighted by atomic mass is 10.2. The molecule has 8 heteroatoms. The molecule has 1 rings (SSSR count). The SMILES string of the molecule is CNC(=O)CCCS(=O)(=O)c1cc(C(=O)O)ccc1OC. The van der Waals surface area contributed by atoms with E-state index in [4.69, 9.17) is 9.84 Å². The number of carboxylic acid groups (broad SMARTS) is 1. The number of sulfone groups is 1. The van der Waals surface area contributed by atoms with Crippen molar-refractivity contribution in [3.63, 3.8) is 0 Å². The summed E-state index contributed by atoms with van der Waals surface area (Å²) in [6.45, 7) is 0. The summed E-state index contributed by atoms with van der Waals surface area (Å²) < 4.78 is 29.5. The topological polar surface area (TPSA) is 110 Å². The molecule has 0 saturated carbocycles. The molecule has 0 aromatic heterocycles. The third-order valence-electron chi connectivity index (χ3n) is 2.84. The highest BCUT2D eigenvalue weighted by molar-refractivity contribution is 7.91. The smallest absolute Gasteiger partial charge is 0.335 e. The third-order valence-corrected chi connectivity index (χ3v) is 4.66. The van der Waals surface area contributed by atoms with E-state index in [1.54, 1.807) is 0 Å². The Kier molecular flexibility index (Phi) is 5.71. The van der Waals surface area contributed by atoms with Crippen LogP contribution in [-0.4, -0.2) is 45.3 Å². The quantitative estimate of drug-likeness (QED) is 0.766. The third kappa shape index (κ3) is 4.45. The van der Waals surface area contributed by atoms with Crippen LogP contribution in [0.15, 0.2) is 23.1 Å². The Morgan fingerprint density at radius 2 is 2.00 bits per heavy atom. The van der Waals surface area contributed by atoms with Gasteiger partial charge in [-0.15, -0.1) is 0 Å². The fraction of sp³-hybridized carbons (Fsp3) is 0.385. The average Bonchev–Trinajstić information content (AvgIpc) is 2.45. The molecule has 7 nitrogen and oxygen atoms in total. The van der Waals surface area contributed by atoms with E-state index in [0.717, 1.165) is 6.07 Å². The molecule has 1 aromatic rings. The van der Waals surface area contributed by atoms with Gasteiger partial charge in [0.15, 0.2) is 9.84 Å². The van der Waals surface area contributed by atoms with Crippen LogP contribution in [0.5, 0.6) is 5.75 Å². The minimum absolute atomic E-state index is 0.0800. The van der Waals surface area contributed by atoms with E-state index in [-0.39, 0.29) is 40.7 Å². The molecule has 0 unspecified atom stereocenters. The first-order chi connectivity index (χ1) is 9.81. The maximum atomic E-state index is 12.3. The number of benzene rings is 1. The van der Waals surface area contributed by atoms with Crippen LogP contribution in [0.2, 0.25) is 0 Å². The summed E-state index contributed by atoms with van der Waals surface area (Å²) in [7, 11) is -0.958. The summed E-state index contributed by atoms with van der Waals surface area (Å²) in [5, 5.41) is 11.3. The molecular weight excluding hydrogens is 298 g/mol. The molecule has 0 bridgehead atoms. The second kappa shape index (κ2) is 7.07. The lowest BCUT2D eigenvalue weighted by Crippen LogP contribution is -2.19. The zero-order valence-corrected chi connectivity index (χ0v) is 12.6. The van der Waals surface area contributed by atoms with Crippen molar-refractivity contribution in [2.45, 2.75) is 17.7 Å². The number of carbonyl (C=O) groups excluding carboxylic acids is 1. The number of rotatable bonds is 7. The van der Waals surface area contributed by atoms with Crippen molar-refractivity contribution in [1.29, 1.82) is 0 Å². The van der Waals surface area contributed by atoms with Crippen LogP contribution in [0, 0.1) is 0 Å². The highest BCUT2D eigenvalue weighted by Gasteiger charge is 2.21. The number of ether oxygens (including phenoxy) is 1. The fourth-order valence-electron chi connectivity index (χ4n) is 1.71. The summed E-state index contributed by atoms with van der Waals surface area (Å²) in [5.74, 6) is -1.66. The van der Waals surface area contributed by atoms with Gasteiger partial charge < -0.3 is 15.2 Å². The number of carboxylic acids is 1. The average molecular weight is 315 g/mol. The number of methoxy groups -OCH3 is 1. The van der Waals surface area contributed by atoms with E-state index in [1.165, 1.54) is 26.3 Å². The van der Waals surface area contributed by atoms with Crippen molar-refractivity contribution in [2.24, 2.45) is 0 Å². The summed E-state index contributed by atoms with van der Waals surface area (Å²) in [5.41, 5.74) is -0.138.